The van der Waals surface area contributed by atoms with Gasteiger partial charge in [-0.15, -0.1) is 10.2 Å². The molecule has 30 heavy (non-hydrogen) atoms. The van der Waals surface area contributed by atoms with Crippen LogP contribution in [-0.4, -0.2) is 27.3 Å². The predicted molar refractivity (Wildman–Crippen MR) is 124 cm³/mol. The van der Waals surface area contributed by atoms with E-state index in [1.165, 1.54) is 41.1 Å². The molecule has 0 saturated heterocycles. The summed E-state index contributed by atoms with van der Waals surface area (Å²) in [6, 6.07) is 13.0. The van der Waals surface area contributed by atoms with Crippen molar-refractivity contribution < 1.29 is 9.59 Å². The highest BCUT2D eigenvalue weighted by Crippen LogP contribution is 2.32. The van der Waals surface area contributed by atoms with Crippen molar-refractivity contribution >= 4 is 57.1 Å². The number of hydrogen-bond donors (Lipinski definition) is 3. The second-order valence-electron chi connectivity index (χ2n) is 6.75. The van der Waals surface area contributed by atoms with Gasteiger partial charge in [0.2, 0.25) is 16.9 Å². The molecule has 3 aromatic rings. The van der Waals surface area contributed by atoms with Crippen LogP contribution in [0.5, 0.6) is 0 Å². The molecular weight excluding hydrogens is 418 g/mol. The average Bonchev–Trinajstić information content (AvgIpc) is 3.13. The van der Waals surface area contributed by atoms with Gasteiger partial charge < -0.3 is 16.0 Å². The Morgan fingerprint density at radius 3 is 2.33 bits per heavy atom. The maximum atomic E-state index is 12.5. The van der Waals surface area contributed by atoms with Crippen LogP contribution in [0.2, 0.25) is 0 Å². The standard InChI is InChI=1S/C21H23N5O2S2/c1-12-6-5-7-18(13(12)2)24-20-25-26-21(30-20)29-14(3)19(28)23-17-10-8-16(9-11-17)22-15(4)27/h5-11,14H,1-4H3,(H,22,27)(H,23,28)(H,24,25)/t14-/m0/s1. The van der Waals surface area contributed by atoms with Gasteiger partial charge in [0.05, 0.1) is 5.25 Å². The maximum Gasteiger partial charge on any atom is 0.237 e. The number of nitrogens with zero attached hydrogens (tertiary/aromatic N) is 2. The number of benzene rings is 2. The lowest BCUT2D eigenvalue weighted by atomic mass is 10.1. The van der Waals surface area contributed by atoms with Gasteiger partial charge in [0.25, 0.3) is 0 Å². The zero-order valence-corrected chi connectivity index (χ0v) is 18.8. The van der Waals surface area contributed by atoms with Gasteiger partial charge in [0, 0.05) is 24.0 Å². The Morgan fingerprint density at radius 1 is 1.00 bits per heavy atom. The van der Waals surface area contributed by atoms with Crippen LogP contribution in [0.4, 0.5) is 22.2 Å². The molecule has 0 aliphatic carbocycles. The van der Waals surface area contributed by atoms with Gasteiger partial charge in [-0.2, -0.15) is 0 Å². The quantitative estimate of drug-likeness (QED) is 0.448. The van der Waals surface area contributed by atoms with Crippen molar-refractivity contribution in [3.05, 3.63) is 53.6 Å². The molecule has 1 atom stereocenters. The molecule has 9 heteroatoms. The Morgan fingerprint density at radius 2 is 1.67 bits per heavy atom. The summed E-state index contributed by atoms with van der Waals surface area (Å²) in [5, 5.41) is 17.6. The molecule has 2 aromatic carbocycles. The van der Waals surface area contributed by atoms with Gasteiger partial charge in [-0.3, -0.25) is 9.59 Å². The summed E-state index contributed by atoms with van der Waals surface area (Å²) in [6.07, 6.45) is 0. The Hall–Kier alpha value is -2.91. The number of amides is 2. The third-order valence-corrected chi connectivity index (χ3v) is 6.40. The molecule has 3 N–H and O–H groups in total. The average molecular weight is 442 g/mol. The fraction of sp³-hybridized carbons (Fsp3) is 0.238. The van der Waals surface area contributed by atoms with Gasteiger partial charge in [-0.25, -0.2) is 0 Å². The minimum atomic E-state index is -0.346. The molecule has 156 valence electrons. The van der Waals surface area contributed by atoms with Crippen molar-refractivity contribution in [1.29, 1.82) is 0 Å². The van der Waals surface area contributed by atoms with Crippen molar-refractivity contribution in [2.75, 3.05) is 16.0 Å². The molecule has 3 rings (SSSR count). The highest BCUT2D eigenvalue weighted by atomic mass is 32.2. The van der Waals surface area contributed by atoms with Crippen LogP contribution in [0.3, 0.4) is 0 Å². The molecule has 7 nitrogen and oxygen atoms in total. The molecule has 0 saturated carbocycles. The molecule has 0 aliphatic heterocycles. The Kier molecular flexibility index (Phi) is 7.07. The van der Waals surface area contributed by atoms with Crippen molar-refractivity contribution in [2.24, 2.45) is 0 Å². The van der Waals surface area contributed by atoms with E-state index in [1.807, 2.05) is 19.1 Å². The number of thioether (sulfide) groups is 1. The lowest BCUT2D eigenvalue weighted by Gasteiger charge is -2.11. The van der Waals surface area contributed by atoms with Gasteiger partial charge in [-0.1, -0.05) is 35.2 Å². The van der Waals surface area contributed by atoms with Gasteiger partial charge in [0.15, 0.2) is 4.34 Å². The first-order chi connectivity index (χ1) is 14.3. The molecule has 0 radical (unpaired) electrons. The molecule has 0 fully saturated rings. The highest BCUT2D eigenvalue weighted by molar-refractivity contribution is 8.02. The van der Waals surface area contributed by atoms with E-state index in [0.717, 1.165) is 5.69 Å². The summed E-state index contributed by atoms with van der Waals surface area (Å²) >= 11 is 2.77. The monoisotopic (exact) mass is 441 g/mol. The maximum absolute atomic E-state index is 12.5. The number of carbonyl (C=O) groups is 2. The molecule has 1 aromatic heterocycles. The molecule has 1 heterocycles. The number of aromatic nitrogens is 2. The summed E-state index contributed by atoms with van der Waals surface area (Å²) in [6.45, 7) is 7.40. The molecule has 0 aliphatic rings. The highest BCUT2D eigenvalue weighted by Gasteiger charge is 2.18. The number of carbonyl (C=O) groups excluding carboxylic acids is 2. The molecular formula is C21H23N5O2S2. The Balaban J connectivity index is 1.56. The summed E-state index contributed by atoms with van der Waals surface area (Å²) in [5.74, 6) is -0.271. The fourth-order valence-electron chi connectivity index (χ4n) is 2.60. The number of nitrogens with one attached hydrogen (secondary N) is 3. The first-order valence-corrected chi connectivity index (χ1v) is 11.0. The van der Waals surface area contributed by atoms with Gasteiger partial charge in [0.1, 0.15) is 0 Å². The second kappa shape index (κ2) is 9.73. The summed E-state index contributed by atoms with van der Waals surface area (Å²) < 4.78 is 0.714. The number of aryl methyl sites for hydroxylation is 1. The van der Waals surface area contributed by atoms with Gasteiger partial charge in [-0.05, 0) is 62.2 Å². The summed E-state index contributed by atoms with van der Waals surface area (Å²) in [4.78, 5) is 23.6. The molecule has 0 unspecified atom stereocenters. The van der Waals surface area contributed by atoms with Crippen LogP contribution in [0, 0.1) is 13.8 Å². The van der Waals surface area contributed by atoms with E-state index < -0.39 is 0 Å². The molecule has 0 bridgehead atoms. The zero-order chi connectivity index (χ0) is 21.7. The van der Waals surface area contributed by atoms with Crippen LogP contribution < -0.4 is 16.0 Å². The van der Waals surface area contributed by atoms with E-state index in [9.17, 15) is 9.59 Å². The number of rotatable bonds is 7. The zero-order valence-electron chi connectivity index (χ0n) is 17.1. The Labute approximate surface area is 183 Å². The van der Waals surface area contributed by atoms with E-state index in [4.69, 9.17) is 0 Å². The molecule has 0 spiro atoms. The third-order valence-electron chi connectivity index (χ3n) is 4.37. The first kappa shape index (κ1) is 21.8. The second-order valence-corrected chi connectivity index (χ2v) is 9.32. The van der Waals surface area contributed by atoms with Crippen LogP contribution in [0.15, 0.2) is 46.8 Å². The lowest BCUT2D eigenvalue weighted by molar-refractivity contribution is -0.115. The normalized spacial score (nSPS) is 11.6. The van der Waals surface area contributed by atoms with Crippen molar-refractivity contribution in [3.8, 4) is 0 Å². The first-order valence-electron chi connectivity index (χ1n) is 9.33. The summed E-state index contributed by atoms with van der Waals surface area (Å²) in [5.41, 5.74) is 4.71. The van der Waals surface area contributed by atoms with E-state index in [2.05, 4.69) is 46.1 Å². The van der Waals surface area contributed by atoms with E-state index in [0.29, 0.717) is 20.8 Å². The number of anilines is 4. The SMILES string of the molecule is CC(=O)Nc1ccc(NC(=O)[C@H](C)Sc2nnc(Nc3cccc(C)c3C)s2)cc1. The number of hydrogen-bond acceptors (Lipinski definition) is 7. The van der Waals surface area contributed by atoms with Crippen LogP contribution in [0.1, 0.15) is 25.0 Å². The molecule has 2 amide bonds. The van der Waals surface area contributed by atoms with E-state index >= 15 is 0 Å². The van der Waals surface area contributed by atoms with Gasteiger partial charge >= 0.3 is 0 Å². The van der Waals surface area contributed by atoms with Crippen LogP contribution in [-0.2, 0) is 9.59 Å². The Bertz CT molecular complexity index is 1050. The van der Waals surface area contributed by atoms with Crippen LogP contribution >= 0.6 is 23.1 Å². The van der Waals surface area contributed by atoms with E-state index in [1.54, 1.807) is 24.3 Å². The fourth-order valence-corrected chi connectivity index (χ4v) is 4.51. The lowest BCUT2D eigenvalue weighted by Crippen LogP contribution is -2.22. The van der Waals surface area contributed by atoms with Crippen LogP contribution in [0.25, 0.3) is 0 Å². The minimum absolute atomic E-state index is 0.133. The third kappa shape index (κ3) is 5.80. The van der Waals surface area contributed by atoms with Crippen molar-refractivity contribution in [1.82, 2.24) is 10.2 Å². The predicted octanol–water partition coefficient (Wildman–Crippen LogP) is 4.98. The largest absolute Gasteiger partial charge is 0.330 e. The van der Waals surface area contributed by atoms with Crippen molar-refractivity contribution in [3.63, 3.8) is 0 Å². The minimum Gasteiger partial charge on any atom is -0.330 e. The topological polar surface area (TPSA) is 96.0 Å². The summed E-state index contributed by atoms with van der Waals surface area (Å²) in [7, 11) is 0. The van der Waals surface area contributed by atoms with E-state index in [-0.39, 0.29) is 17.1 Å². The van der Waals surface area contributed by atoms with Crippen molar-refractivity contribution in [2.45, 2.75) is 37.3 Å². The smallest absolute Gasteiger partial charge is 0.237 e.